The third kappa shape index (κ3) is 3.60. The number of ether oxygens (including phenoxy) is 1. The highest BCUT2D eigenvalue weighted by molar-refractivity contribution is 5.99. The summed E-state index contributed by atoms with van der Waals surface area (Å²) in [6, 6.07) is 11.8. The molecule has 0 aromatic heterocycles. The van der Waals surface area contributed by atoms with Gasteiger partial charge < -0.3 is 4.74 Å². The molecule has 0 bridgehead atoms. The molecule has 0 aliphatic carbocycles. The lowest BCUT2D eigenvalue weighted by atomic mass is 10.0. The fourth-order valence-electron chi connectivity index (χ4n) is 2.31. The largest absolute Gasteiger partial charge is 0.493 e. The van der Waals surface area contributed by atoms with E-state index in [-0.39, 0.29) is 5.78 Å². The van der Waals surface area contributed by atoms with Gasteiger partial charge in [0, 0.05) is 10.9 Å². The predicted octanol–water partition coefficient (Wildman–Crippen LogP) is 5.00. The van der Waals surface area contributed by atoms with E-state index in [4.69, 9.17) is 4.74 Å². The second-order valence-electron chi connectivity index (χ2n) is 5.16. The molecule has 0 aliphatic heterocycles. The van der Waals surface area contributed by atoms with Gasteiger partial charge >= 0.3 is 0 Å². The number of benzene rings is 2. The highest BCUT2D eigenvalue weighted by Gasteiger charge is 2.05. The maximum atomic E-state index is 11.4. The molecule has 0 aliphatic rings. The first-order valence-electron chi connectivity index (χ1n) is 7.39. The summed E-state index contributed by atoms with van der Waals surface area (Å²) in [7, 11) is 0. The first kappa shape index (κ1) is 14.6. The third-order valence-corrected chi connectivity index (χ3v) is 3.50. The van der Waals surface area contributed by atoms with Gasteiger partial charge in [0.1, 0.15) is 5.75 Å². The van der Waals surface area contributed by atoms with E-state index in [9.17, 15) is 4.79 Å². The lowest BCUT2D eigenvalue weighted by molar-refractivity contribution is 0.101. The molecule has 0 saturated heterocycles. The van der Waals surface area contributed by atoms with Crippen LogP contribution in [0.5, 0.6) is 5.75 Å². The molecule has 2 aromatic rings. The van der Waals surface area contributed by atoms with Crippen LogP contribution in [0, 0.1) is 0 Å². The molecule has 0 heterocycles. The van der Waals surface area contributed by atoms with Crippen molar-refractivity contribution < 1.29 is 9.53 Å². The van der Waals surface area contributed by atoms with Crippen LogP contribution in [0.3, 0.4) is 0 Å². The number of Topliss-reactive ketones (excluding diaryl/α,β-unsaturated/α-hetero) is 1. The maximum absolute atomic E-state index is 11.4. The second kappa shape index (κ2) is 7.09. The van der Waals surface area contributed by atoms with Crippen LogP contribution in [0.25, 0.3) is 10.8 Å². The molecule has 0 fully saturated rings. The minimum Gasteiger partial charge on any atom is -0.493 e. The quantitative estimate of drug-likeness (QED) is 0.522. The molecule has 0 radical (unpaired) electrons. The molecule has 0 amide bonds. The standard InChI is InChI=1S/C18H22O2/c1-3-4-5-6-12-20-18-9-7-8-16-13-15(14(2)19)10-11-17(16)18/h7-11,13H,3-6,12H2,1-2H3. The van der Waals surface area contributed by atoms with Crippen LogP contribution in [0.4, 0.5) is 0 Å². The first-order valence-corrected chi connectivity index (χ1v) is 7.39. The number of fused-ring (bicyclic) bond motifs is 1. The molecular weight excluding hydrogens is 248 g/mol. The molecule has 0 saturated carbocycles. The van der Waals surface area contributed by atoms with Crippen molar-refractivity contribution in [3.63, 3.8) is 0 Å². The molecule has 106 valence electrons. The number of carbonyl (C=O) groups is 1. The summed E-state index contributed by atoms with van der Waals surface area (Å²) in [4.78, 5) is 11.4. The summed E-state index contributed by atoms with van der Waals surface area (Å²) in [5.74, 6) is 1.01. The Hall–Kier alpha value is -1.83. The average Bonchev–Trinajstić information content (AvgIpc) is 2.46. The Kier molecular flexibility index (Phi) is 5.16. The van der Waals surface area contributed by atoms with Crippen LogP contribution < -0.4 is 4.74 Å². The molecule has 2 nitrogen and oxygen atoms in total. The van der Waals surface area contributed by atoms with Crippen molar-refractivity contribution in [1.82, 2.24) is 0 Å². The van der Waals surface area contributed by atoms with Gasteiger partial charge in [0.05, 0.1) is 6.61 Å². The molecule has 0 unspecified atom stereocenters. The smallest absolute Gasteiger partial charge is 0.159 e. The lowest BCUT2D eigenvalue weighted by Gasteiger charge is -2.10. The fraction of sp³-hybridized carbons (Fsp3) is 0.389. The Morgan fingerprint density at radius 2 is 1.95 bits per heavy atom. The predicted molar refractivity (Wildman–Crippen MR) is 83.6 cm³/mol. The number of hydrogen-bond acceptors (Lipinski definition) is 2. The Morgan fingerprint density at radius 1 is 1.10 bits per heavy atom. The van der Waals surface area contributed by atoms with Gasteiger partial charge in [-0.15, -0.1) is 0 Å². The molecule has 2 rings (SSSR count). The van der Waals surface area contributed by atoms with Gasteiger partial charge in [-0.3, -0.25) is 4.79 Å². The van der Waals surface area contributed by atoms with Crippen LogP contribution >= 0.6 is 0 Å². The van der Waals surface area contributed by atoms with E-state index < -0.39 is 0 Å². The van der Waals surface area contributed by atoms with Gasteiger partial charge in [-0.25, -0.2) is 0 Å². The molecule has 0 N–H and O–H groups in total. The van der Waals surface area contributed by atoms with Crippen molar-refractivity contribution in [2.24, 2.45) is 0 Å². The van der Waals surface area contributed by atoms with Crippen molar-refractivity contribution in [1.29, 1.82) is 0 Å². The number of carbonyl (C=O) groups excluding carboxylic acids is 1. The zero-order chi connectivity index (χ0) is 14.4. The number of hydrogen-bond donors (Lipinski definition) is 0. The molecule has 0 atom stereocenters. The zero-order valence-electron chi connectivity index (χ0n) is 12.3. The Morgan fingerprint density at radius 3 is 2.70 bits per heavy atom. The van der Waals surface area contributed by atoms with E-state index in [0.29, 0.717) is 0 Å². The topological polar surface area (TPSA) is 26.3 Å². The number of unbranched alkanes of at least 4 members (excludes halogenated alkanes) is 3. The number of rotatable bonds is 7. The SMILES string of the molecule is CCCCCCOc1cccc2cc(C(C)=O)ccc12. The van der Waals surface area contributed by atoms with Gasteiger partial charge in [-0.05, 0) is 36.9 Å². The van der Waals surface area contributed by atoms with Crippen LogP contribution in [-0.4, -0.2) is 12.4 Å². The molecule has 0 spiro atoms. The van der Waals surface area contributed by atoms with E-state index in [1.54, 1.807) is 6.92 Å². The second-order valence-corrected chi connectivity index (χ2v) is 5.16. The fourth-order valence-corrected chi connectivity index (χ4v) is 2.31. The van der Waals surface area contributed by atoms with Crippen molar-refractivity contribution in [2.45, 2.75) is 39.5 Å². The maximum Gasteiger partial charge on any atom is 0.159 e. The van der Waals surface area contributed by atoms with E-state index in [1.807, 2.05) is 36.4 Å². The van der Waals surface area contributed by atoms with Crippen molar-refractivity contribution in [2.75, 3.05) is 6.61 Å². The van der Waals surface area contributed by atoms with Gasteiger partial charge in [-0.1, -0.05) is 44.4 Å². The summed E-state index contributed by atoms with van der Waals surface area (Å²) in [6.07, 6.45) is 4.81. The molecule has 20 heavy (non-hydrogen) atoms. The summed E-state index contributed by atoms with van der Waals surface area (Å²) in [5.41, 5.74) is 0.748. The van der Waals surface area contributed by atoms with Crippen LogP contribution in [-0.2, 0) is 0 Å². The van der Waals surface area contributed by atoms with Crippen LogP contribution in [0.2, 0.25) is 0 Å². The molecular formula is C18H22O2. The Balaban J connectivity index is 2.11. The van der Waals surface area contributed by atoms with E-state index in [1.165, 1.54) is 19.3 Å². The minimum absolute atomic E-state index is 0.0952. The van der Waals surface area contributed by atoms with Crippen molar-refractivity contribution in [3.8, 4) is 5.75 Å². The Labute approximate surface area is 120 Å². The van der Waals surface area contributed by atoms with Gasteiger partial charge in [0.2, 0.25) is 0 Å². The van der Waals surface area contributed by atoms with Gasteiger partial charge in [-0.2, -0.15) is 0 Å². The van der Waals surface area contributed by atoms with E-state index >= 15 is 0 Å². The lowest BCUT2D eigenvalue weighted by Crippen LogP contribution is -1.98. The summed E-state index contributed by atoms with van der Waals surface area (Å²) in [5, 5.41) is 2.14. The molecule has 2 aromatic carbocycles. The number of ketones is 1. The highest BCUT2D eigenvalue weighted by Crippen LogP contribution is 2.26. The normalized spacial score (nSPS) is 10.7. The van der Waals surface area contributed by atoms with E-state index in [0.717, 1.165) is 35.1 Å². The van der Waals surface area contributed by atoms with Crippen LogP contribution in [0.1, 0.15) is 49.9 Å². The third-order valence-electron chi connectivity index (χ3n) is 3.50. The highest BCUT2D eigenvalue weighted by atomic mass is 16.5. The first-order chi connectivity index (χ1) is 9.72. The Bertz CT molecular complexity index is 587. The monoisotopic (exact) mass is 270 g/mol. The molecule has 2 heteroatoms. The summed E-state index contributed by atoms with van der Waals surface area (Å²) >= 11 is 0. The van der Waals surface area contributed by atoms with Crippen molar-refractivity contribution >= 4 is 16.6 Å². The van der Waals surface area contributed by atoms with E-state index in [2.05, 4.69) is 6.92 Å². The average molecular weight is 270 g/mol. The van der Waals surface area contributed by atoms with Crippen molar-refractivity contribution in [3.05, 3.63) is 42.0 Å². The summed E-state index contributed by atoms with van der Waals surface area (Å²) in [6.45, 7) is 4.56. The minimum atomic E-state index is 0.0952. The van der Waals surface area contributed by atoms with Gasteiger partial charge in [0.25, 0.3) is 0 Å². The van der Waals surface area contributed by atoms with Crippen LogP contribution in [0.15, 0.2) is 36.4 Å². The summed E-state index contributed by atoms with van der Waals surface area (Å²) < 4.78 is 5.88. The van der Waals surface area contributed by atoms with Gasteiger partial charge in [0.15, 0.2) is 5.78 Å². The zero-order valence-corrected chi connectivity index (χ0v) is 12.3.